The van der Waals surface area contributed by atoms with Crippen LogP contribution in [-0.2, 0) is 0 Å². The fraction of sp³-hybridized carbons (Fsp3) is 0.0714. The van der Waals surface area contributed by atoms with Crippen molar-refractivity contribution in [1.82, 2.24) is 0 Å². The molecule has 0 heterocycles. The van der Waals surface area contributed by atoms with Gasteiger partial charge < -0.3 is 5.32 Å². The van der Waals surface area contributed by atoms with Gasteiger partial charge in [0.25, 0.3) is 0 Å². The van der Waals surface area contributed by atoms with Gasteiger partial charge in [0.05, 0.1) is 17.3 Å². The molecule has 0 aliphatic heterocycles. The zero-order valence-corrected chi connectivity index (χ0v) is 12.8. The molecule has 0 atom stereocenters. The number of anilines is 2. The van der Waals surface area contributed by atoms with Crippen LogP contribution in [0.4, 0.5) is 11.4 Å². The minimum atomic E-state index is 0.620. The molecule has 0 saturated carbocycles. The summed E-state index contributed by atoms with van der Waals surface area (Å²) >= 11 is 6.91. The lowest BCUT2D eigenvalue weighted by molar-refractivity contribution is 1.42. The zero-order chi connectivity index (χ0) is 13.1. The standard InChI is InChI=1S/C14H10Br2N2/c1-9-2-3-14(13(16)4-9)18-12-6-10(8-17)5-11(15)7-12/h2-7,18H,1H3. The molecule has 0 amide bonds. The number of hydrogen-bond donors (Lipinski definition) is 1. The highest BCUT2D eigenvalue weighted by Gasteiger charge is 2.03. The molecule has 0 fully saturated rings. The van der Waals surface area contributed by atoms with Crippen molar-refractivity contribution in [3.63, 3.8) is 0 Å². The van der Waals surface area contributed by atoms with Gasteiger partial charge in [-0.3, -0.25) is 0 Å². The van der Waals surface area contributed by atoms with E-state index in [4.69, 9.17) is 5.26 Å². The predicted octanol–water partition coefficient (Wildman–Crippen LogP) is 5.14. The first-order valence-electron chi connectivity index (χ1n) is 5.32. The second-order valence-electron chi connectivity index (χ2n) is 3.95. The highest BCUT2D eigenvalue weighted by molar-refractivity contribution is 9.10. The molecule has 0 unspecified atom stereocenters. The van der Waals surface area contributed by atoms with Crippen LogP contribution in [0, 0.1) is 18.3 Å². The van der Waals surface area contributed by atoms with Crippen LogP contribution < -0.4 is 5.32 Å². The topological polar surface area (TPSA) is 35.8 Å². The third kappa shape index (κ3) is 3.12. The Morgan fingerprint density at radius 2 is 1.89 bits per heavy atom. The molecule has 0 aliphatic rings. The monoisotopic (exact) mass is 364 g/mol. The van der Waals surface area contributed by atoms with E-state index in [1.165, 1.54) is 5.56 Å². The molecule has 2 aromatic rings. The van der Waals surface area contributed by atoms with Crippen LogP contribution in [0.3, 0.4) is 0 Å². The molecule has 2 aromatic carbocycles. The summed E-state index contributed by atoms with van der Waals surface area (Å²) in [5.74, 6) is 0. The molecule has 4 heteroatoms. The van der Waals surface area contributed by atoms with E-state index in [2.05, 4.69) is 43.2 Å². The van der Waals surface area contributed by atoms with Gasteiger partial charge in [0, 0.05) is 14.6 Å². The maximum absolute atomic E-state index is 8.94. The van der Waals surface area contributed by atoms with Crippen molar-refractivity contribution >= 4 is 43.2 Å². The van der Waals surface area contributed by atoms with Crippen LogP contribution in [0.15, 0.2) is 45.3 Å². The fourth-order valence-electron chi connectivity index (χ4n) is 1.60. The summed E-state index contributed by atoms with van der Waals surface area (Å²) in [6.45, 7) is 2.04. The molecule has 1 N–H and O–H groups in total. The molecule has 0 radical (unpaired) electrons. The van der Waals surface area contributed by atoms with Crippen molar-refractivity contribution in [2.45, 2.75) is 6.92 Å². The second kappa shape index (κ2) is 5.55. The van der Waals surface area contributed by atoms with Crippen LogP contribution in [0.5, 0.6) is 0 Å². The summed E-state index contributed by atoms with van der Waals surface area (Å²) in [6.07, 6.45) is 0. The molecule has 0 bridgehead atoms. The summed E-state index contributed by atoms with van der Waals surface area (Å²) in [5.41, 5.74) is 3.67. The first-order valence-corrected chi connectivity index (χ1v) is 6.91. The molecule has 2 rings (SSSR count). The van der Waals surface area contributed by atoms with Crippen molar-refractivity contribution in [3.8, 4) is 6.07 Å². The van der Waals surface area contributed by atoms with E-state index in [1.807, 2.05) is 37.3 Å². The first-order chi connectivity index (χ1) is 8.58. The molecule has 0 aromatic heterocycles. The molecule has 0 spiro atoms. The average Bonchev–Trinajstić information content (AvgIpc) is 2.32. The lowest BCUT2D eigenvalue weighted by atomic mass is 10.2. The number of rotatable bonds is 2. The fourth-order valence-corrected chi connectivity index (χ4v) is 2.69. The predicted molar refractivity (Wildman–Crippen MR) is 81.0 cm³/mol. The van der Waals surface area contributed by atoms with Gasteiger partial charge in [-0.1, -0.05) is 22.0 Å². The van der Waals surface area contributed by atoms with Gasteiger partial charge in [-0.05, 0) is 58.7 Å². The Bertz CT molecular complexity index is 630. The number of hydrogen-bond acceptors (Lipinski definition) is 2. The highest BCUT2D eigenvalue weighted by Crippen LogP contribution is 2.28. The SMILES string of the molecule is Cc1ccc(Nc2cc(Br)cc(C#N)c2)c(Br)c1. The minimum absolute atomic E-state index is 0.620. The van der Waals surface area contributed by atoms with E-state index < -0.39 is 0 Å². The zero-order valence-electron chi connectivity index (χ0n) is 9.67. The van der Waals surface area contributed by atoms with Gasteiger partial charge in [0.2, 0.25) is 0 Å². The second-order valence-corrected chi connectivity index (χ2v) is 5.72. The summed E-state index contributed by atoms with van der Waals surface area (Å²) in [4.78, 5) is 0. The third-order valence-electron chi connectivity index (χ3n) is 2.43. The maximum Gasteiger partial charge on any atom is 0.0992 e. The first kappa shape index (κ1) is 13.1. The van der Waals surface area contributed by atoms with Gasteiger partial charge in [-0.2, -0.15) is 5.26 Å². The molecular weight excluding hydrogens is 356 g/mol. The highest BCUT2D eigenvalue weighted by atomic mass is 79.9. The normalized spacial score (nSPS) is 9.89. The quantitative estimate of drug-likeness (QED) is 0.800. The van der Waals surface area contributed by atoms with Gasteiger partial charge in [-0.25, -0.2) is 0 Å². The van der Waals surface area contributed by atoms with E-state index in [1.54, 1.807) is 6.07 Å². The number of benzene rings is 2. The number of halogens is 2. The van der Waals surface area contributed by atoms with E-state index >= 15 is 0 Å². The van der Waals surface area contributed by atoms with Crippen molar-refractivity contribution < 1.29 is 0 Å². The van der Waals surface area contributed by atoms with E-state index in [0.717, 1.165) is 20.3 Å². The lowest BCUT2D eigenvalue weighted by Gasteiger charge is -2.10. The van der Waals surface area contributed by atoms with Crippen molar-refractivity contribution in [2.75, 3.05) is 5.32 Å². The Morgan fingerprint density at radius 3 is 2.56 bits per heavy atom. The third-order valence-corrected chi connectivity index (χ3v) is 3.54. The molecule has 0 saturated heterocycles. The largest absolute Gasteiger partial charge is 0.355 e. The van der Waals surface area contributed by atoms with Gasteiger partial charge >= 0.3 is 0 Å². The van der Waals surface area contributed by atoms with Crippen LogP contribution >= 0.6 is 31.9 Å². The van der Waals surface area contributed by atoms with Crippen LogP contribution in [0.2, 0.25) is 0 Å². The lowest BCUT2D eigenvalue weighted by Crippen LogP contribution is -1.92. The van der Waals surface area contributed by atoms with Crippen molar-refractivity contribution in [3.05, 3.63) is 56.5 Å². The molecule has 90 valence electrons. The number of nitrogens with zero attached hydrogens (tertiary/aromatic N) is 1. The number of nitrogens with one attached hydrogen (secondary N) is 1. The Hall–Kier alpha value is -1.31. The van der Waals surface area contributed by atoms with Gasteiger partial charge in [0.1, 0.15) is 0 Å². The summed E-state index contributed by atoms with van der Waals surface area (Å²) < 4.78 is 1.88. The van der Waals surface area contributed by atoms with Crippen molar-refractivity contribution in [1.29, 1.82) is 5.26 Å². The summed E-state index contributed by atoms with van der Waals surface area (Å²) in [6, 6.07) is 13.8. The molecular formula is C14H10Br2N2. The summed E-state index contributed by atoms with van der Waals surface area (Å²) in [5, 5.41) is 12.2. The summed E-state index contributed by atoms with van der Waals surface area (Å²) in [7, 11) is 0. The van der Waals surface area contributed by atoms with Crippen LogP contribution in [0.25, 0.3) is 0 Å². The Labute approximate surface area is 123 Å². The Kier molecular flexibility index (Phi) is 4.05. The minimum Gasteiger partial charge on any atom is -0.355 e. The average molecular weight is 366 g/mol. The van der Waals surface area contributed by atoms with E-state index in [-0.39, 0.29) is 0 Å². The van der Waals surface area contributed by atoms with Crippen molar-refractivity contribution in [2.24, 2.45) is 0 Å². The number of aryl methyl sites for hydroxylation is 1. The Balaban J connectivity index is 2.34. The molecule has 2 nitrogen and oxygen atoms in total. The molecule has 0 aliphatic carbocycles. The van der Waals surface area contributed by atoms with E-state index in [9.17, 15) is 0 Å². The Morgan fingerprint density at radius 1 is 1.11 bits per heavy atom. The maximum atomic E-state index is 8.94. The smallest absolute Gasteiger partial charge is 0.0992 e. The van der Waals surface area contributed by atoms with Gasteiger partial charge in [0.15, 0.2) is 0 Å². The van der Waals surface area contributed by atoms with E-state index in [0.29, 0.717) is 5.56 Å². The van der Waals surface area contributed by atoms with Crippen LogP contribution in [0.1, 0.15) is 11.1 Å². The van der Waals surface area contributed by atoms with Gasteiger partial charge in [-0.15, -0.1) is 0 Å². The number of nitriles is 1. The molecule has 18 heavy (non-hydrogen) atoms. The van der Waals surface area contributed by atoms with Crippen LogP contribution in [-0.4, -0.2) is 0 Å².